The van der Waals surface area contributed by atoms with Gasteiger partial charge in [0.2, 0.25) is 0 Å². The first-order valence-corrected chi connectivity index (χ1v) is 4.11. The van der Waals surface area contributed by atoms with E-state index < -0.39 is 5.54 Å². The Balaban J connectivity index is 3.13. The molecule has 0 fully saturated rings. The molecule has 0 bridgehead atoms. The van der Waals surface area contributed by atoms with E-state index in [1.54, 1.807) is 6.20 Å². The molecule has 1 atom stereocenters. The van der Waals surface area contributed by atoms with Gasteiger partial charge in [-0.2, -0.15) is 5.26 Å². The zero-order valence-electron chi connectivity index (χ0n) is 8.15. The summed E-state index contributed by atoms with van der Waals surface area (Å²) in [6.07, 6.45) is 1.70. The third-order valence-corrected chi connectivity index (χ3v) is 2.28. The summed E-state index contributed by atoms with van der Waals surface area (Å²) in [5.74, 6) is 0. The molecule has 0 N–H and O–H groups in total. The number of nitriles is 1. The highest BCUT2D eigenvalue weighted by atomic mass is 15.1. The second kappa shape index (κ2) is 3.55. The van der Waals surface area contributed by atoms with E-state index in [9.17, 15) is 0 Å². The molecule has 1 heterocycles. The highest BCUT2D eigenvalue weighted by molar-refractivity contribution is 5.22. The molecule has 1 unspecified atom stereocenters. The average molecular weight is 175 g/mol. The van der Waals surface area contributed by atoms with E-state index in [4.69, 9.17) is 5.26 Å². The van der Waals surface area contributed by atoms with E-state index >= 15 is 0 Å². The number of aromatic nitrogens is 1. The molecule has 0 aliphatic heterocycles. The highest BCUT2D eigenvalue weighted by Crippen LogP contribution is 2.22. The lowest BCUT2D eigenvalue weighted by molar-refractivity contribution is 0.235. The maximum Gasteiger partial charge on any atom is 0.148 e. The number of rotatable bonds is 2. The van der Waals surface area contributed by atoms with Gasteiger partial charge in [-0.3, -0.25) is 9.88 Å². The quantitative estimate of drug-likeness (QED) is 0.681. The number of pyridine rings is 1. The van der Waals surface area contributed by atoms with Gasteiger partial charge in [0.05, 0.1) is 11.8 Å². The smallest absolute Gasteiger partial charge is 0.148 e. The first-order chi connectivity index (χ1) is 6.11. The first kappa shape index (κ1) is 9.69. The van der Waals surface area contributed by atoms with Crippen LogP contribution in [0, 0.1) is 11.3 Å². The van der Waals surface area contributed by atoms with Gasteiger partial charge in [0, 0.05) is 6.20 Å². The summed E-state index contributed by atoms with van der Waals surface area (Å²) in [6.45, 7) is 1.86. The Morgan fingerprint density at radius 3 is 2.54 bits per heavy atom. The van der Waals surface area contributed by atoms with Gasteiger partial charge in [-0.25, -0.2) is 0 Å². The van der Waals surface area contributed by atoms with Crippen molar-refractivity contribution in [3.05, 3.63) is 30.1 Å². The van der Waals surface area contributed by atoms with Crippen molar-refractivity contribution < 1.29 is 0 Å². The summed E-state index contributed by atoms with van der Waals surface area (Å²) >= 11 is 0. The molecule has 0 aliphatic carbocycles. The van der Waals surface area contributed by atoms with E-state index in [0.29, 0.717) is 0 Å². The molecule has 0 radical (unpaired) electrons. The predicted molar refractivity (Wildman–Crippen MR) is 50.9 cm³/mol. The maximum absolute atomic E-state index is 9.08. The number of hydrogen-bond donors (Lipinski definition) is 0. The maximum atomic E-state index is 9.08. The van der Waals surface area contributed by atoms with E-state index in [1.807, 2.05) is 44.1 Å². The normalized spacial score (nSPS) is 15.0. The number of hydrogen-bond acceptors (Lipinski definition) is 3. The monoisotopic (exact) mass is 175 g/mol. The van der Waals surface area contributed by atoms with Crippen LogP contribution in [0.15, 0.2) is 24.4 Å². The molecule has 0 saturated carbocycles. The molecule has 3 heteroatoms. The van der Waals surface area contributed by atoms with Crippen molar-refractivity contribution in [3.63, 3.8) is 0 Å². The van der Waals surface area contributed by atoms with Gasteiger partial charge in [-0.05, 0) is 33.2 Å². The minimum Gasteiger partial charge on any atom is -0.287 e. The molecule has 0 spiro atoms. The van der Waals surface area contributed by atoms with E-state index in [-0.39, 0.29) is 0 Å². The summed E-state index contributed by atoms with van der Waals surface area (Å²) in [5.41, 5.74) is 0.142. The second-order valence-electron chi connectivity index (χ2n) is 3.29. The topological polar surface area (TPSA) is 39.9 Å². The van der Waals surface area contributed by atoms with Crippen LogP contribution in [0.1, 0.15) is 12.6 Å². The fraction of sp³-hybridized carbons (Fsp3) is 0.400. The third kappa shape index (κ3) is 1.68. The lowest BCUT2D eigenvalue weighted by atomic mass is 9.98. The lowest BCUT2D eigenvalue weighted by Crippen LogP contribution is -2.37. The van der Waals surface area contributed by atoms with E-state index in [0.717, 1.165) is 5.69 Å². The van der Waals surface area contributed by atoms with Gasteiger partial charge in [0.25, 0.3) is 0 Å². The van der Waals surface area contributed by atoms with Crippen LogP contribution in [-0.4, -0.2) is 24.0 Å². The standard InChI is InChI=1S/C10H13N3/c1-10(8-11,13(2)3)9-6-4-5-7-12-9/h4-7H,1-3H3. The van der Waals surface area contributed by atoms with Crippen molar-refractivity contribution >= 4 is 0 Å². The van der Waals surface area contributed by atoms with Crippen molar-refractivity contribution in [3.8, 4) is 6.07 Å². The van der Waals surface area contributed by atoms with Crippen molar-refractivity contribution in [1.82, 2.24) is 9.88 Å². The summed E-state index contributed by atoms with van der Waals surface area (Å²) in [7, 11) is 3.75. The highest BCUT2D eigenvalue weighted by Gasteiger charge is 2.29. The van der Waals surface area contributed by atoms with E-state index in [2.05, 4.69) is 11.1 Å². The molecule has 1 aromatic heterocycles. The van der Waals surface area contributed by atoms with Crippen LogP contribution in [0.2, 0.25) is 0 Å². The van der Waals surface area contributed by atoms with Gasteiger partial charge in [0.15, 0.2) is 0 Å². The molecule has 1 aromatic rings. The Hall–Kier alpha value is -1.40. The fourth-order valence-electron chi connectivity index (χ4n) is 1.04. The van der Waals surface area contributed by atoms with Gasteiger partial charge >= 0.3 is 0 Å². The van der Waals surface area contributed by atoms with Gasteiger partial charge in [-0.15, -0.1) is 0 Å². The lowest BCUT2D eigenvalue weighted by Gasteiger charge is -2.28. The largest absolute Gasteiger partial charge is 0.287 e. The van der Waals surface area contributed by atoms with Gasteiger partial charge in [0.1, 0.15) is 5.54 Å². The first-order valence-electron chi connectivity index (χ1n) is 4.11. The number of nitrogens with zero attached hydrogens (tertiary/aromatic N) is 3. The van der Waals surface area contributed by atoms with Crippen LogP contribution < -0.4 is 0 Å². The van der Waals surface area contributed by atoms with Crippen molar-refractivity contribution in [2.75, 3.05) is 14.1 Å². The average Bonchev–Trinajstić information content (AvgIpc) is 2.17. The molecule has 0 aliphatic rings. The van der Waals surface area contributed by atoms with Crippen LogP contribution in [0.3, 0.4) is 0 Å². The predicted octanol–water partition coefficient (Wildman–Crippen LogP) is 1.38. The van der Waals surface area contributed by atoms with Gasteiger partial charge in [-0.1, -0.05) is 6.07 Å². The van der Waals surface area contributed by atoms with Crippen molar-refractivity contribution in [2.45, 2.75) is 12.5 Å². The van der Waals surface area contributed by atoms with Crippen molar-refractivity contribution in [1.29, 1.82) is 5.26 Å². The fourth-order valence-corrected chi connectivity index (χ4v) is 1.04. The molecular weight excluding hydrogens is 162 g/mol. The Labute approximate surface area is 78.6 Å². The summed E-state index contributed by atoms with van der Waals surface area (Å²) < 4.78 is 0. The Morgan fingerprint density at radius 1 is 1.46 bits per heavy atom. The van der Waals surface area contributed by atoms with Crippen LogP contribution >= 0.6 is 0 Å². The SMILES string of the molecule is CN(C)C(C)(C#N)c1ccccn1. The summed E-state index contributed by atoms with van der Waals surface area (Å²) in [4.78, 5) is 6.04. The van der Waals surface area contributed by atoms with Crippen LogP contribution in [0.5, 0.6) is 0 Å². The van der Waals surface area contributed by atoms with Crippen LogP contribution in [-0.2, 0) is 5.54 Å². The Morgan fingerprint density at radius 2 is 2.15 bits per heavy atom. The minimum absolute atomic E-state index is 0.638. The summed E-state index contributed by atoms with van der Waals surface area (Å²) in [5, 5.41) is 9.08. The molecule has 0 aromatic carbocycles. The van der Waals surface area contributed by atoms with Crippen LogP contribution in [0.25, 0.3) is 0 Å². The zero-order valence-corrected chi connectivity index (χ0v) is 8.15. The van der Waals surface area contributed by atoms with Crippen molar-refractivity contribution in [2.24, 2.45) is 0 Å². The molecule has 0 amide bonds. The minimum atomic E-state index is -0.638. The molecule has 0 saturated heterocycles. The Kier molecular flexibility index (Phi) is 2.64. The van der Waals surface area contributed by atoms with E-state index in [1.165, 1.54) is 0 Å². The molecular formula is C10H13N3. The summed E-state index contributed by atoms with van der Waals surface area (Å²) in [6, 6.07) is 7.86. The van der Waals surface area contributed by atoms with Crippen LogP contribution in [0.4, 0.5) is 0 Å². The second-order valence-corrected chi connectivity index (χ2v) is 3.29. The zero-order chi connectivity index (χ0) is 9.90. The molecule has 68 valence electrons. The molecule has 3 nitrogen and oxygen atoms in total. The molecule has 1 rings (SSSR count). The Bertz CT molecular complexity index is 313. The molecule has 13 heavy (non-hydrogen) atoms. The third-order valence-electron chi connectivity index (χ3n) is 2.28. The van der Waals surface area contributed by atoms with Gasteiger partial charge < -0.3 is 0 Å².